The second kappa shape index (κ2) is 22.8. The smallest absolute Gasteiger partial charge is 0.305 e. The molecular formula is C39H60N6O2. The van der Waals surface area contributed by atoms with Crippen LogP contribution < -0.4 is 10.6 Å². The zero-order valence-electron chi connectivity index (χ0n) is 29.6. The molecule has 0 saturated carbocycles. The predicted molar refractivity (Wildman–Crippen MR) is 197 cm³/mol. The Morgan fingerprint density at radius 3 is 2.23 bits per heavy atom. The van der Waals surface area contributed by atoms with Gasteiger partial charge in [0, 0.05) is 19.0 Å². The molecule has 8 heteroatoms. The molecular weight excluding hydrogens is 584 g/mol. The summed E-state index contributed by atoms with van der Waals surface area (Å²) in [6, 6.07) is 10.3. The fraction of sp³-hybridized carbons (Fsp3) is 0.590. The van der Waals surface area contributed by atoms with Gasteiger partial charge in [0.1, 0.15) is 6.61 Å². The number of nitrogens with zero attached hydrogens (tertiary/aromatic N) is 4. The number of carbonyl (C=O) groups is 1. The van der Waals surface area contributed by atoms with E-state index in [1.54, 1.807) is 0 Å². The first-order valence-corrected chi connectivity index (χ1v) is 18.3. The number of unbranched alkanes of at least 4 members (excludes halogenated alkanes) is 10. The SMILES string of the molecule is CCCCC/C=C\C/C=C\CCCCCCCCCC(=O)OC[C@@H](CC)Nc1nc(NCc2ccccc2)c2ncn(C(C)C)c2n1. The summed E-state index contributed by atoms with van der Waals surface area (Å²) in [7, 11) is 0. The van der Waals surface area contributed by atoms with Gasteiger partial charge >= 0.3 is 5.97 Å². The molecule has 258 valence electrons. The van der Waals surface area contributed by atoms with Crippen LogP contribution in [0.2, 0.25) is 0 Å². The summed E-state index contributed by atoms with van der Waals surface area (Å²) in [5.74, 6) is 1.05. The van der Waals surface area contributed by atoms with Crippen LogP contribution in [0.5, 0.6) is 0 Å². The van der Waals surface area contributed by atoms with Crippen molar-refractivity contribution in [1.82, 2.24) is 19.5 Å². The lowest BCUT2D eigenvalue weighted by atomic mass is 10.1. The average Bonchev–Trinajstić information content (AvgIpc) is 3.52. The minimum absolute atomic E-state index is 0.0874. The van der Waals surface area contributed by atoms with Crippen LogP contribution in [0.3, 0.4) is 0 Å². The predicted octanol–water partition coefficient (Wildman–Crippen LogP) is 10.3. The Bertz CT molecular complexity index is 1330. The molecule has 0 saturated heterocycles. The third-order valence-electron chi connectivity index (χ3n) is 8.38. The number of nitrogens with one attached hydrogen (secondary N) is 2. The highest BCUT2D eigenvalue weighted by Crippen LogP contribution is 2.24. The van der Waals surface area contributed by atoms with Gasteiger partial charge in [-0.15, -0.1) is 0 Å². The molecule has 0 fully saturated rings. The third kappa shape index (κ3) is 14.7. The Morgan fingerprint density at radius 1 is 0.872 bits per heavy atom. The number of benzene rings is 1. The molecule has 0 amide bonds. The second-order valence-electron chi connectivity index (χ2n) is 12.8. The lowest BCUT2D eigenvalue weighted by Gasteiger charge is -2.18. The molecule has 1 aromatic carbocycles. The number of hydrogen-bond acceptors (Lipinski definition) is 7. The van der Waals surface area contributed by atoms with E-state index in [1.165, 1.54) is 64.2 Å². The molecule has 0 aliphatic carbocycles. The van der Waals surface area contributed by atoms with Crippen molar-refractivity contribution in [2.24, 2.45) is 0 Å². The fourth-order valence-electron chi connectivity index (χ4n) is 5.41. The summed E-state index contributed by atoms with van der Waals surface area (Å²) in [4.78, 5) is 26.7. The van der Waals surface area contributed by atoms with Crippen molar-refractivity contribution in [3.8, 4) is 0 Å². The third-order valence-corrected chi connectivity index (χ3v) is 8.38. The minimum atomic E-state index is -0.132. The van der Waals surface area contributed by atoms with Crippen molar-refractivity contribution in [2.45, 2.75) is 143 Å². The summed E-state index contributed by atoms with van der Waals surface area (Å²) in [6.07, 6.45) is 27.9. The van der Waals surface area contributed by atoms with Gasteiger partial charge in [-0.2, -0.15) is 9.97 Å². The van der Waals surface area contributed by atoms with Gasteiger partial charge in [0.2, 0.25) is 5.95 Å². The Hall–Kier alpha value is -3.68. The molecule has 3 aromatic rings. The van der Waals surface area contributed by atoms with E-state index in [0.29, 0.717) is 24.7 Å². The van der Waals surface area contributed by atoms with E-state index in [2.05, 4.69) is 79.7 Å². The summed E-state index contributed by atoms with van der Waals surface area (Å²) >= 11 is 0. The minimum Gasteiger partial charge on any atom is -0.463 e. The van der Waals surface area contributed by atoms with Gasteiger partial charge in [-0.1, -0.05) is 113 Å². The molecule has 0 unspecified atom stereocenters. The summed E-state index contributed by atoms with van der Waals surface area (Å²) in [6.45, 7) is 9.46. The van der Waals surface area contributed by atoms with Gasteiger partial charge in [-0.25, -0.2) is 4.98 Å². The number of anilines is 2. The highest BCUT2D eigenvalue weighted by molar-refractivity contribution is 5.84. The quantitative estimate of drug-likeness (QED) is 0.0538. The molecule has 47 heavy (non-hydrogen) atoms. The molecule has 3 rings (SSSR count). The highest BCUT2D eigenvalue weighted by Gasteiger charge is 2.18. The van der Waals surface area contributed by atoms with Crippen LogP contribution in [-0.2, 0) is 16.1 Å². The number of carbonyl (C=O) groups excluding carboxylic acids is 1. The lowest BCUT2D eigenvalue weighted by Crippen LogP contribution is -2.27. The van der Waals surface area contributed by atoms with Crippen LogP contribution in [-0.4, -0.2) is 38.1 Å². The number of rotatable bonds is 25. The number of imidazole rings is 1. The molecule has 8 nitrogen and oxygen atoms in total. The van der Waals surface area contributed by atoms with Crippen LogP contribution in [0.1, 0.15) is 136 Å². The van der Waals surface area contributed by atoms with E-state index in [0.717, 1.165) is 42.4 Å². The van der Waals surface area contributed by atoms with Gasteiger partial charge in [-0.05, 0) is 64.4 Å². The standard InChI is InChI=1S/C39H60N6O2/c1-5-7-8-9-10-11-12-13-14-15-16-17-18-19-20-21-25-28-35(46)47-30-34(6-2)42-39-43-37(40-29-33-26-23-22-24-27-33)36-38(44-39)45(31-41-36)32(3)4/h10-11,13-14,22-24,26-27,31-32,34H,5-9,12,15-21,25,28-30H2,1-4H3,(H2,40,42,43,44)/b11-10-,14-13-/t34-/m1/s1. The van der Waals surface area contributed by atoms with E-state index in [4.69, 9.17) is 14.7 Å². The van der Waals surface area contributed by atoms with Gasteiger partial charge in [-0.3, -0.25) is 4.79 Å². The van der Waals surface area contributed by atoms with E-state index < -0.39 is 0 Å². The Morgan fingerprint density at radius 2 is 1.55 bits per heavy atom. The first-order chi connectivity index (χ1) is 23.0. The molecule has 2 N–H and O–H groups in total. The van der Waals surface area contributed by atoms with Crippen LogP contribution >= 0.6 is 0 Å². The van der Waals surface area contributed by atoms with E-state index in [1.807, 2.05) is 29.1 Å². The van der Waals surface area contributed by atoms with E-state index >= 15 is 0 Å². The molecule has 0 aliphatic heterocycles. The van der Waals surface area contributed by atoms with Crippen LogP contribution in [0, 0.1) is 0 Å². The topological polar surface area (TPSA) is 94.0 Å². The summed E-state index contributed by atoms with van der Waals surface area (Å²) < 4.78 is 7.71. The first-order valence-electron chi connectivity index (χ1n) is 18.3. The maximum Gasteiger partial charge on any atom is 0.305 e. The Balaban J connectivity index is 1.32. The van der Waals surface area contributed by atoms with Crippen molar-refractivity contribution >= 4 is 28.9 Å². The van der Waals surface area contributed by atoms with Gasteiger partial charge in [0.25, 0.3) is 0 Å². The molecule has 0 aliphatic rings. The van der Waals surface area contributed by atoms with Gasteiger partial charge < -0.3 is 19.9 Å². The second-order valence-corrected chi connectivity index (χ2v) is 12.8. The number of aromatic nitrogens is 4. The normalized spacial score (nSPS) is 12.4. The van der Waals surface area contributed by atoms with E-state index in [-0.39, 0.29) is 24.7 Å². The van der Waals surface area contributed by atoms with Crippen molar-refractivity contribution in [3.63, 3.8) is 0 Å². The number of allylic oxidation sites excluding steroid dienone is 4. The molecule has 1 atom stereocenters. The van der Waals surface area contributed by atoms with Crippen LogP contribution in [0.4, 0.5) is 11.8 Å². The summed E-state index contributed by atoms with van der Waals surface area (Å²) in [5.41, 5.74) is 2.67. The lowest BCUT2D eigenvalue weighted by molar-refractivity contribution is -0.144. The molecule has 0 bridgehead atoms. The van der Waals surface area contributed by atoms with Crippen molar-refractivity contribution in [1.29, 1.82) is 0 Å². The monoisotopic (exact) mass is 644 g/mol. The molecule has 0 radical (unpaired) electrons. The maximum absolute atomic E-state index is 12.5. The molecule has 0 spiro atoms. The van der Waals surface area contributed by atoms with Crippen molar-refractivity contribution in [3.05, 3.63) is 66.5 Å². The zero-order valence-corrected chi connectivity index (χ0v) is 29.6. The van der Waals surface area contributed by atoms with Gasteiger partial charge in [0.15, 0.2) is 17.0 Å². The fourth-order valence-corrected chi connectivity index (χ4v) is 5.41. The van der Waals surface area contributed by atoms with Gasteiger partial charge in [0.05, 0.1) is 12.4 Å². The Labute approximate surface area is 283 Å². The van der Waals surface area contributed by atoms with Crippen molar-refractivity contribution in [2.75, 3.05) is 17.2 Å². The number of hydrogen-bond donors (Lipinski definition) is 2. The number of fused-ring (bicyclic) bond motifs is 1. The Kier molecular flexibility index (Phi) is 18.3. The molecule has 2 heterocycles. The van der Waals surface area contributed by atoms with Crippen LogP contribution in [0.25, 0.3) is 11.2 Å². The number of ether oxygens (including phenoxy) is 1. The number of esters is 1. The molecule has 2 aromatic heterocycles. The maximum atomic E-state index is 12.5. The average molecular weight is 645 g/mol. The van der Waals surface area contributed by atoms with Crippen molar-refractivity contribution < 1.29 is 9.53 Å². The largest absolute Gasteiger partial charge is 0.463 e. The first kappa shape index (κ1) is 37.8. The summed E-state index contributed by atoms with van der Waals surface area (Å²) in [5, 5.41) is 6.85. The van der Waals surface area contributed by atoms with E-state index in [9.17, 15) is 4.79 Å². The highest BCUT2D eigenvalue weighted by atomic mass is 16.5. The van der Waals surface area contributed by atoms with Crippen LogP contribution in [0.15, 0.2) is 61.0 Å². The zero-order chi connectivity index (χ0) is 33.5.